The van der Waals surface area contributed by atoms with E-state index < -0.39 is 10.0 Å². The lowest BCUT2D eigenvalue weighted by Crippen LogP contribution is -2.38. The van der Waals surface area contributed by atoms with Gasteiger partial charge in [0.25, 0.3) is 0 Å². The molecule has 0 aromatic heterocycles. The number of likely N-dealkylation sites (tertiary alicyclic amines) is 1. The average molecular weight is 467 g/mol. The second-order valence-electron chi connectivity index (χ2n) is 9.07. The van der Waals surface area contributed by atoms with Crippen LogP contribution in [0.3, 0.4) is 0 Å². The van der Waals surface area contributed by atoms with E-state index in [1.165, 1.54) is 16.3 Å². The quantitative estimate of drug-likeness (QED) is 0.505. The number of ether oxygens (including phenoxy) is 1. The standard InChI is InChI=1S/C27H34N2O3S/c1-4-32-27-20(2)15-26(16-21(27)3)33(30,31)28-18-22-11-13-29(14-12-22)19-23-9-10-24-7-5-6-8-25(24)17-23/h5-10,15-17,22,28H,4,11-14,18-19H2,1-3H3. The van der Waals surface area contributed by atoms with E-state index >= 15 is 0 Å². The zero-order valence-electron chi connectivity index (χ0n) is 19.8. The topological polar surface area (TPSA) is 58.6 Å². The summed E-state index contributed by atoms with van der Waals surface area (Å²) in [5.74, 6) is 1.13. The molecule has 0 radical (unpaired) electrons. The van der Waals surface area contributed by atoms with Gasteiger partial charge in [-0.25, -0.2) is 13.1 Å². The zero-order valence-corrected chi connectivity index (χ0v) is 20.6. The molecule has 3 aromatic rings. The molecule has 6 heteroatoms. The molecule has 0 amide bonds. The summed E-state index contributed by atoms with van der Waals surface area (Å²) in [5, 5.41) is 2.55. The maximum Gasteiger partial charge on any atom is 0.240 e. The van der Waals surface area contributed by atoms with Crippen LogP contribution in [0.4, 0.5) is 0 Å². The van der Waals surface area contributed by atoms with Crippen LogP contribution in [-0.4, -0.2) is 39.6 Å². The Morgan fingerprint density at radius 2 is 1.64 bits per heavy atom. The molecule has 4 rings (SSSR count). The van der Waals surface area contributed by atoms with Gasteiger partial charge in [-0.3, -0.25) is 4.90 Å². The maximum absolute atomic E-state index is 12.9. The molecule has 0 saturated carbocycles. The Hall–Kier alpha value is -2.41. The van der Waals surface area contributed by atoms with Crippen molar-refractivity contribution in [1.82, 2.24) is 9.62 Å². The van der Waals surface area contributed by atoms with E-state index in [2.05, 4.69) is 52.1 Å². The largest absolute Gasteiger partial charge is 0.493 e. The number of benzene rings is 3. The summed E-state index contributed by atoms with van der Waals surface area (Å²) in [6, 6.07) is 18.5. The molecule has 1 aliphatic rings. The fourth-order valence-electron chi connectivity index (χ4n) is 4.69. The van der Waals surface area contributed by atoms with Gasteiger partial charge in [0, 0.05) is 13.1 Å². The Kier molecular flexibility index (Phi) is 7.37. The predicted molar refractivity (Wildman–Crippen MR) is 134 cm³/mol. The molecule has 1 saturated heterocycles. The van der Waals surface area contributed by atoms with E-state index in [0.717, 1.165) is 49.4 Å². The molecule has 0 spiro atoms. The summed E-state index contributed by atoms with van der Waals surface area (Å²) in [4.78, 5) is 2.78. The Morgan fingerprint density at radius 3 is 2.30 bits per heavy atom. The van der Waals surface area contributed by atoms with Crippen molar-refractivity contribution < 1.29 is 13.2 Å². The number of hydrogen-bond acceptors (Lipinski definition) is 4. The second-order valence-corrected chi connectivity index (χ2v) is 10.8. The van der Waals surface area contributed by atoms with E-state index in [-0.39, 0.29) is 0 Å². The third kappa shape index (κ3) is 5.75. The average Bonchev–Trinajstić information content (AvgIpc) is 2.81. The van der Waals surface area contributed by atoms with Crippen molar-refractivity contribution >= 4 is 20.8 Å². The second kappa shape index (κ2) is 10.2. The number of piperidine rings is 1. The lowest BCUT2D eigenvalue weighted by Gasteiger charge is -2.32. The summed E-state index contributed by atoms with van der Waals surface area (Å²) >= 11 is 0. The number of rotatable bonds is 8. The van der Waals surface area contributed by atoms with Gasteiger partial charge in [-0.15, -0.1) is 0 Å². The van der Waals surface area contributed by atoms with Crippen LogP contribution in [0.2, 0.25) is 0 Å². The van der Waals surface area contributed by atoms with Gasteiger partial charge in [0.05, 0.1) is 11.5 Å². The third-order valence-corrected chi connectivity index (χ3v) is 7.93. The van der Waals surface area contributed by atoms with Crippen molar-refractivity contribution in [3.63, 3.8) is 0 Å². The lowest BCUT2D eigenvalue weighted by molar-refractivity contribution is 0.178. The lowest BCUT2D eigenvalue weighted by atomic mass is 9.96. The molecule has 1 aliphatic heterocycles. The highest BCUT2D eigenvalue weighted by atomic mass is 32.2. The summed E-state index contributed by atoms with van der Waals surface area (Å²) in [6.45, 7) is 9.67. The van der Waals surface area contributed by atoms with Crippen LogP contribution >= 0.6 is 0 Å². The van der Waals surface area contributed by atoms with E-state index in [9.17, 15) is 8.42 Å². The molecule has 0 bridgehead atoms. The maximum atomic E-state index is 12.9. The van der Waals surface area contributed by atoms with Crippen molar-refractivity contribution in [1.29, 1.82) is 0 Å². The van der Waals surface area contributed by atoms with Crippen LogP contribution in [0.15, 0.2) is 59.5 Å². The number of hydrogen-bond donors (Lipinski definition) is 1. The smallest absolute Gasteiger partial charge is 0.240 e. The van der Waals surface area contributed by atoms with Crippen LogP contribution in [0.25, 0.3) is 10.8 Å². The van der Waals surface area contributed by atoms with Crippen LogP contribution < -0.4 is 9.46 Å². The summed E-state index contributed by atoms with van der Waals surface area (Å²) < 4.78 is 34.3. The van der Waals surface area contributed by atoms with Crippen LogP contribution in [0, 0.1) is 19.8 Å². The Labute approximate surface area is 197 Å². The van der Waals surface area contributed by atoms with Crippen molar-refractivity contribution in [3.05, 3.63) is 71.3 Å². The molecule has 1 fully saturated rings. The van der Waals surface area contributed by atoms with Gasteiger partial charge in [0.15, 0.2) is 0 Å². The minimum Gasteiger partial charge on any atom is -0.493 e. The van der Waals surface area contributed by atoms with Gasteiger partial charge in [-0.05, 0) is 98.3 Å². The summed E-state index contributed by atoms with van der Waals surface area (Å²) in [5.41, 5.74) is 3.02. The fraction of sp³-hybridized carbons (Fsp3) is 0.407. The first kappa shape index (κ1) is 23.7. The molecule has 33 heavy (non-hydrogen) atoms. The molecule has 0 aliphatic carbocycles. The molecule has 0 unspecified atom stereocenters. The normalized spacial score (nSPS) is 15.7. The van der Waals surface area contributed by atoms with Gasteiger partial charge >= 0.3 is 0 Å². The van der Waals surface area contributed by atoms with Crippen molar-refractivity contribution in [2.24, 2.45) is 5.92 Å². The van der Waals surface area contributed by atoms with Crippen LogP contribution in [0.5, 0.6) is 5.75 Å². The first-order chi connectivity index (χ1) is 15.9. The molecule has 1 heterocycles. The Balaban J connectivity index is 1.30. The van der Waals surface area contributed by atoms with Gasteiger partial charge in [-0.1, -0.05) is 36.4 Å². The van der Waals surface area contributed by atoms with E-state index in [1.807, 2.05) is 20.8 Å². The van der Waals surface area contributed by atoms with Crippen LogP contribution in [0.1, 0.15) is 36.5 Å². The van der Waals surface area contributed by atoms with Crippen molar-refractivity contribution in [2.75, 3.05) is 26.2 Å². The number of nitrogens with one attached hydrogen (secondary N) is 1. The molecule has 1 N–H and O–H groups in total. The minimum absolute atomic E-state index is 0.315. The molecular weight excluding hydrogens is 432 g/mol. The minimum atomic E-state index is -3.54. The zero-order chi connectivity index (χ0) is 23.4. The highest BCUT2D eigenvalue weighted by molar-refractivity contribution is 7.89. The first-order valence-corrected chi connectivity index (χ1v) is 13.3. The monoisotopic (exact) mass is 466 g/mol. The van der Waals surface area contributed by atoms with E-state index in [1.54, 1.807) is 12.1 Å². The molecular formula is C27H34N2O3S. The van der Waals surface area contributed by atoms with Crippen molar-refractivity contribution in [2.45, 2.75) is 45.1 Å². The third-order valence-electron chi connectivity index (χ3n) is 6.52. The van der Waals surface area contributed by atoms with Crippen molar-refractivity contribution in [3.8, 4) is 5.75 Å². The first-order valence-electron chi connectivity index (χ1n) is 11.8. The SMILES string of the molecule is CCOc1c(C)cc(S(=O)(=O)NCC2CCN(Cc3ccc4ccccc4c3)CC2)cc1C. The van der Waals surface area contributed by atoms with Gasteiger partial charge in [0.1, 0.15) is 5.75 Å². The number of sulfonamides is 1. The highest BCUT2D eigenvalue weighted by Gasteiger charge is 2.23. The summed E-state index contributed by atoms with van der Waals surface area (Å²) in [7, 11) is -3.54. The fourth-order valence-corrected chi connectivity index (χ4v) is 5.98. The Bertz CT molecular complexity index is 1190. The molecule has 0 atom stereocenters. The summed E-state index contributed by atoms with van der Waals surface area (Å²) in [6.07, 6.45) is 1.99. The highest BCUT2D eigenvalue weighted by Crippen LogP contribution is 2.27. The molecule has 3 aromatic carbocycles. The van der Waals surface area contributed by atoms with E-state index in [0.29, 0.717) is 24.0 Å². The predicted octanol–water partition coefficient (Wildman–Crippen LogP) is 5.05. The van der Waals surface area contributed by atoms with E-state index in [4.69, 9.17) is 4.74 Å². The molecule has 176 valence electrons. The Morgan fingerprint density at radius 1 is 0.970 bits per heavy atom. The van der Waals surface area contributed by atoms with Gasteiger partial charge in [-0.2, -0.15) is 0 Å². The molecule has 5 nitrogen and oxygen atoms in total. The number of aryl methyl sites for hydroxylation is 2. The van der Waals surface area contributed by atoms with Gasteiger partial charge in [0.2, 0.25) is 10.0 Å². The van der Waals surface area contributed by atoms with Gasteiger partial charge < -0.3 is 4.74 Å². The number of fused-ring (bicyclic) bond motifs is 1. The number of nitrogens with zero attached hydrogens (tertiary/aromatic N) is 1. The van der Waals surface area contributed by atoms with Crippen LogP contribution in [-0.2, 0) is 16.6 Å².